The van der Waals surface area contributed by atoms with Gasteiger partial charge in [-0.25, -0.2) is 4.79 Å². The van der Waals surface area contributed by atoms with E-state index in [0.29, 0.717) is 13.7 Å². The molecule has 8 heteroatoms. The summed E-state index contributed by atoms with van der Waals surface area (Å²) in [6.45, 7) is -0.218. The van der Waals surface area contributed by atoms with Crippen LogP contribution >= 0.6 is 38.9 Å². The van der Waals surface area contributed by atoms with E-state index in [1.807, 2.05) is 0 Å². The summed E-state index contributed by atoms with van der Waals surface area (Å²) in [5, 5.41) is 9.15. The number of aliphatic carboxylic acids is 1. The van der Waals surface area contributed by atoms with Gasteiger partial charge in [0.2, 0.25) is 5.91 Å². The standard InChI is InChI=1S/C10H9BrClNO4S/c1-13-6(14)3-17-8(10(15)16)7(13)5-2-4(11)9(12)18-5/h2,7-8H,3H2,1H3,(H,15,16). The van der Waals surface area contributed by atoms with Crippen LogP contribution in [0.5, 0.6) is 0 Å². The number of carbonyl (C=O) groups is 2. The van der Waals surface area contributed by atoms with Crippen molar-refractivity contribution in [2.45, 2.75) is 12.1 Å². The van der Waals surface area contributed by atoms with Gasteiger partial charge in [0.15, 0.2) is 6.10 Å². The van der Waals surface area contributed by atoms with E-state index in [1.54, 1.807) is 13.1 Å². The average molecular weight is 355 g/mol. The molecule has 1 aromatic heterocycles. The highest BCUT2D eigenvalue weighted by atomic mass is 79.9. The lowest BCUT2D eigenvalue weighted by Gasteiger charge is -2.36. The first-order valence-corrected chi connectivity index (χ1v) is 6.95. The quantitative estimate of drug-likeness (QED) is 0.884. The van der Waals surface area contributed by atoms with E-state index >= 15 is 0 Å². The number of ether oxygens (including phenoxy) is 1. The van der Waals surface area contributed by atoms with Gasteiger partial charge in [0.1, 0.15) is 17.0 Å². The predicted molar refractivity (Wildman–Crippen MR) is 69.9 cm³/mol. The molecule has 2 unspecified atom stereocenters. The van der Waals surface area contributed by atoms with Crippen molar-refractivity contribution in [2.75, 3.05) is 13.7 Å². The van der Waals surface area contributed by atoms with Crippen molar-refractivity contribution in [2.24, 2.45) is 0 Å². The van der Waals surface area contributed by atoms with Crippen LogP contribution in [-0.4, -0.2) is 41.6 Å². The molecule has 0 aliphatic carbocycles. The summed E-state index contributed by atoms with van der Waals surface area (Å²) in [6.07, 6.45) is -1.07. The molecule has 2 heterocycles. The van der Waals surface area contributed by atoms with Crippen LogP contribution in [0.1, 0.15) is 10.9 Å². The summed E-state index contributed by atoms with van der Waals surface area (Å²) in [6, 6.07) is 1.06. The van der Waals surface area contributed by atoms with Gasteiger partial charge in [-0.2, -0.15) is 0 Å². The molecule has 1 fully saturated rings. The number of rotatable bonds is 2. The molecule has 1 N–H and O–H groups in total. The van der Waals surface area contributed by atoms with Crippen molar-refractivity contribution in [1.82, 2.24) is 4.90 Å². The zero-order valence-corrected chi connectivity index (χ0v) is 12.4. The smallest absolute Gasteiger partial charge is 0.335 e. The maximum absolute atomic E-state index is 11.6. The first-order valence-electron chi connectivity index (χ1n) is 4.96. The number of thiophene rings is 1. The third-order valence-corrected chi connectivity index (χ3v) is 5.23. The maximum Gasteiger partial charge on any atom is 0.335 e. The lowest BCUT2D eigenvalue weighted by atomic mass is 10.1. The second-order valence-electron chi connectivity index (χ2n) is 3.79. The van der Waals surface area contributed by atoms with Gasteiger partial charge in [-0.3, -0.25) is 4.79 Å². The molecule has 1 aliphatic heterocycles. The molecule has 1 saturated heterocycles. The van der Waals surface area contributed by atoms with E-state index in [-0.39, 0.29) is 12.5 Å². The number of amides is 1. The van der Waals surface area contributed by atoms with Gasteiger partial charge in [0.05, 0.1) is 0 Å². The Morgan fingerprint density at radius 2 is 2.39 bits per heavy atom. The van der Waals surface area contributed by atoms with Crippen LogP contribution in [-0.2, 0) is 14.3 Å². The molecule has 0 aromatic carbocycles. The monoisotopic (exact) mass is 353 g/mol. The third kappa shape index (κ3) is 2.40. The van der Waals surface area contributed by atoms with Crippen molar-refractivity contribution in [3.05, 3.63) is 19.8 Å². The lowest BCUT2D eigenvalue weighted by Crippen LogP contribution is -2.49. The molecule has 98 valence electrons. The molecular weight excluding hydrogens is 346 g/mol. The van der Waals surface area contributed by atoms with E-state index < -0.39 is 18.1 Å². The fraction of sp³-hybridized carbons (Fsp3) is 0.400. The fourth-order valence-electron chi connectivity index (χ4n) is 1.77. The first-order chi connectivity index (χ1) is 8.41. The molecule has 1 aromatic rings. The Morgan fingerprint density at radius 3 is 2.89 bits per heavy atom. The molecular formula is C10H9BrClNO4S. The van der Waals surface area contributed by atoms with E-state index in [4.69, 9.17) is 21.4 Å². The number of halogens is 2. The van der Waals surface area contributed by atoms with Gasteiger partial charge in [0, 0.05) is 16.4 Å². The second-order valence-corrected chi connectivity index (χ2v) is 6.33. The highest BCUT2D eigenvalue weighted by Crippen LogP contribution is 2.39. The van der Waals surface area contributed by atoms with Gasteiger partial charge < -0.3 is 14.7 Å². The van der Waals surface area contributed by atoms with E-state index in [1.165, 1.54) is 16.2 Å². The topological polar surface area (TPSA) is 66.8 Å². The number of hydrogen-bond donors (Lipinski definition) is 1. The minimum Gasteiger partial charge on any atom is -0.479 e. The van der Waals surface area contributed by atoms with Gasteiger partial charge in [-0.1, -0.05) is 11.6 Å². The minimum absolute atomic E-state index is 0.218. The summed E-state index contributed by atoms with van der Waals surface area (Å²) in [4.78, 5) is 24.8. The Morgan fingerprint density at radius 1 is 1.72 bits per heavy atom. The van der Waals surface area contributed by atoms with Crippen LogP contribution in [0.25, 0.3) is 0 Å². The highest BCUT2D eigenvalue weighted by molar-refractivity contribution is 9.10. The van der Waals surface area contributed by atoms with E-state index in [2.05, 4.69) is 15.9 Å². The van der Waals surface area contributed by atoms with Crippen molar-refractivity contribution in [3.8, 4) is 0 Å². The lowest BCUT2D eigenvalue weighted by molar-refractivity contribution is -0.171. The normalized spacial score (nSPS) is 24.4. The Bertz CT molecular complexity index is 487. The van der Waals surface area contributed by atoms with E-state index in [9.17, 15) is 9.59 Å². The zero-order valence-electron chi connectivity index (χ0n) is 9.22. The zero-order chi connectivity index (χ0) is 13.4. The predicted octanol–water partition coefficient (Wildman–Crippen LogP) is 2.15. The molecule has 1 aliphatic rings. The minimum atomic E-state index is -1.10. The highest BCUT2D eigenvalue weighted by Gasteiger charge is 2.41. The number of morpholine rings is 1. The van der Waals surface area contributed by atoms with Crippen LogP contribution in [0.4, 0.5) is 0 Å². The Hall–Kier alpha value is -0.630. The number of carbonyl (C=O) groups excluding carboxylic acids is 1. The Kier molecular flexibility index (Phi) is 3.96. The van der Waals surface area contributed by atoms with E-state index in [0.717, 1.165) is 0 Å². The van der Waals surface area contributed by atoms with Gasteiger partial charge in [-0.05, 0) is 22.0 Å². The van der Waals surface area contributed by atoms with Crippen LogP contribution < -0.4 is 0 Å². The summed E-state index contributed by atoms with van der Waals surface area (Å²) < 4.78 is 6.29. The third-order valence-electron chi connectivity index (χ3n) is 2.68. The number of likely N-dealkylation sites (N-methyl/N-ethyl adjacent to an activating group) is 1. The average Bonchev–Trinajstić information content (AvgIpc) is 2.62. The first kappa shape index (κ1) is 13.8. The summed E-state index contributed by atoms with van der Waals surface area (Å²) in [5.41, 5.74) is 0. The number of carboxylic acid groups (broad SMARTS) is 1. The SMILES string of the molecule is CN1C(=O)COC(C(=O)O)C1c1cc(Br)c(Cl)s1. The van der Waals surface area contributed by atoms with Crippen molar-refractivity contribution in [1.29, 1.82) is 0 Å². The molecule has 0 bridgehead atoms. The van der Waals surface area contributed by atoms with Gasteiger partial charge >= 0.3 is 5.97 Å². The molecule has 0 spiro atoms. The number of hydrogen-bond acceptors (Lipinski definition) is 4. The summed E-state index contributed by atoms with van der Waals surface area (Å²) in [7, 11) is 1.56. The fourth-order valence-corrected chi connectivity index (χ4v) is 3.67. The number of nitrogens with zero attached hydrogens (tertiary/aromatic N) is 1. The van der Waals surface area contributed by atoms with Crippen molar-refractivity contribution >= 4 is 50.7 Å². The van der Waals surface area contributed by atoms with Gasteiger partial charge in [-0.15, -0.1) is 11.3 Å². The molecule has 0 radical (unpaired) electrons. The molecule has 2 atom stereocenters. The molecule has 0 saturated carbocycles. The summed E-state index contributed by atoms with van der Waals surface area (Å²) in [5.74, 6) is -1.35. The molecule has 18 heavy (non-hydrogen) atoms. The number of carboxylic acids is 1. The Labute approximate surface area is 120 Å². The van der Waals surface area contributed by atoms with Crippen LogP contribution in [0.3, 0.4) is 0 Å². The molecule has 5 nitrogen and oxygen atoms in total. The largest absolute Gasteiger partial charge is 0.479 e. The summed E-state index contributed by atoms with van der Waals surface area (Å²) >= 11 is 10.4. The van der Waals surface area contributed by atoms with Crippen molar-refractivity contribution in [3.63, 3.8) is 0 Å². The second kappa shape index (κ2) is 5.16. The Balaban J connectivity index is 2.40. The van der Waals surface area contributed by atoms with Gasteiger partial charge in [0.25, 0.3) is 0 Å². The van der Waals surface area contributed by atoms with Crippen LogP contribution in [0, 0.1) is 0 Å². The molecule has 2 rings (SSSR count). The van der Waals surface area contributed by atoms with Crippen LogP contribution in [0.2, 0.25) is 4.34 Å². The van der Waals surface area contributed by atoms with Crippen LogP contribution in [0.15, 0.2) is 10.5 Å². The van der Waals surface area contributed by atoms with Crippen molar-refractivity contribution < 1.29 is 19.4 Å². The maximum atomic E-state index is 11.6. The molecule has 1 amide bonds.